The van der Waals surface area contributed by atoms with Crippen molar-refractivity contribution in [3.63, 3.8) is 0 Å². The zero-order valence-electron chi connectivity index (χ0n) is 17.9. The minimum Gasteiger partial charge on any atom is -0.493 e. The predicted molar refractivity (Wildman–Crippen MR) is 134 cm³/mol. The number of hydrogen-bond acceptors (Lipinski definition) is 5. The highest BCUT2D eigenvalue weighted by molar-refractivity contribution is 7.89. The first-order valence-electron chi connectivity index (χ1n) is 9.82. The number of sulfonamides is 1. The molecule has 0 atom stereocenters. The van der Waals surface area contributed by atoms with Crippen molar-refractivity contribution in [2.75, 3.05) is 13.7 Å². The lowest BCUT2D eigenvalue weighted by molar-refractivity contribution is 0.284. The van der Waals surface area contributed by atoms with E-state index < -0.39 is 10.0 Å². The van der Waals surface area contributed by atoms with Crippen LogP contribution in [0.1, 0.15) is 16.7 Å². The molecule has 0 bridgehead atoms. The third kappa shape index (κ3) is 8.07. The largest absolute Gasteiger partial charge is 0.493 e. The fourth-order valence-electron chi connectivity index (χ4n) is 3.04. The van der Waals surface area contributed by atoms with E-state index in [0.717, 1.165) is 29.7 Å². The number of nitrogens with one attached hydrogen (secondary N) is 1. The van der Waals surface area contributed by atoms with Gasteiger partial charge in [-0.2, -0.15) is 0 Å². The van der Waals surface area contributed by atoms with Crippen molar-refractivity contribution in [2.24, 2.45) is 5.14 Å². The summed E-state index contributed by atoms with van der Waals surface area (Å²) in [7, 11) is -2.06. The SMILES string of the molecule is COc1cc(CNCCc2ccc(S(N)(=O)=O)cc2)ccc1OCc1ccc(Cl)c(Cl)c1.Cl. The Bertz CT molecular complexity index is 1170. The molecule has 178 valence electrons. The van der Waals surface area contributed by atoms with E-state index in [4.69, 9.17) is 37.8 Å². The first kappa shape index (κ1) is 27.2. The quantitative estimate of drug-likeness (QED) is 0.360. The van der Waals surface area contributed by atoms with Crippen LogP contribution in [-0.2, 0) is 29.6 Å². The summed E-state index contributed by atoms with van der Waals surface area (Å²) >= 11 is 12.0. The second kappa shape index (κ2) is 12.5. The first-order chi connectivity index (χ1) is 15.3. The maximum absolute atomic E-state index is 11.3. The summed E-state index contributed by atoms with van der Waals surface area (Å²) in [5.74, 6) is 1.28. The average molecular weight is 532 g/mol. The van der Waals surface area contributed by atoms with Gasteiger partial charge >= 0.3 is 0 Å². The van der Waals surface area contributed by atoms with Crippen molar-refractivity contribution in [1.82, 2.24) is 5.32 Å². The summed E-state index contributed by atoms with van der Waals surface area (Å²) in [6.45, 7) is 1.72. The molecular weight excluding hydrogens is 507 g/mol. The third-order valence-corrected chi connectivity index (χ3v) is 6.45. The molecule has 3 aromatic rings. The monoisotopic (exact) mass is 530 g/mol. The van der Waals surface area contributed by atoms with Crippen LogP contribution < -0.4 is 19.9 Å². The summed E-state index contributed by atoms with van der Waals surface area (Å²) in [5.41, 5.74) is 2.98. The van der Waals surface area contributed by atoms with E-state index in [2.05, 4.69) is 5.32 Å². The van der Waals surface area contributed by atoms with Gasteiger partial charge in [-0.05, 0) is 66.1 Å². The van der Waals surface area contributed by atoms with Crippen LogP contribution in [0.5, 0.6) is 11.5 Å². The van der Waals surface area contributed by atoms with Gasteiger partial charge in [0.05, 0.1) is 22.1 Å². The third-order valence-electron chi connectivity index (χ3n) is 4.78. The van der Waals surface area contributed by atoms with Gasteiger partial charge in [0.2, 0.25) is 10.0 Å². The molecule has 0 radical (unpaired) electrons. The van der Waals surface area contributed by atoms with Crippen molar-refractivity contribution in [3.8, 4) is 11.5 Å². The molecule has 0 spiro atoms. The van der Waals surface area contributed by atoms with Gasteiger partial charge in [-0.3, -0.25) is 0 Å². The number of methoxy groups -OCH3 is 1. The van der Waals surface area contributed by atoms with Gasteiger partial charge in [-0.15, -0.1) is 12.4 Å². The van der Waals surface area contributed by atoms with Crippen molar-refractivity contribution in [3.05, 3.63) is 87.4 Å². The number of benzene rings is 3. The van der Waals surface area contributed by atoms with E-state index in [-0.39, 0.29) is 17.3 Å². The number of ether oxygens (including phenoxy) is 2. The van der Waals surface area contributed by atoms with Gasteiger partial charge in [0.1, 0.15) is 6.61 Å². The Balaban J connectivity index is 0.00000385. The number of rotatable bonds is 10. The summed E-state index contributed by atoms with van der Waals surface area (Å²) < 4.78 is 34.0. The fraction of sp³-hybridized carbons (Fsp3) is 0.217. The molecule has 3 rings (SSSR count). The highest BCUT2D eigenvalue weighted by Gasteiger charge is 2.08. The van der Waals surface area contributed by atoms with Crippen LogP contribution in [0, 0.1) is 0 Å². The first-order valence-corrected chi connectivity index (χ1v) is 12.1. The van der Waals surface area contributed by atoms with Crippen LogP contribution in [0.2, 0.25) is 10.0 Å². The van der Waals surface area contributed by atoms with Crippen LogP contribution in [0.3, 0.4) is 0 Å². The number of primary sulfonamides is 1. The maximum atomic E-state index is 11.3. The normalized spacial score (nSPS) is 11.0. The lowest BCUT2D eigenvalue weighted by Gasteiger charge is -2.13. The molecule has 0 aliphatic carbocycles. The van der Waals surface area contributed by atoms with Crippen molar-refractivity contribution < 1.29 is 17.9 Å². The van der Waals surface area contributed by atoms with E-state index in [9.17, 15) is 8.42 Å². The van der Waals surface area contributed by atoms with E-state index in [1.165, 1.54) is 12.1 Å². The van der Waals surface area contributed by atoms with E-state index in [1.54, 1.807) is 31.4 Å². The number of hydrogen-bond donors (Lipinski definition) is 2. The van der Waals surface area contributed by atoms with Gasteiger partial charge in [0.25, 0.3) is 0 Å². The molecule has 0 aromatic heterocycles. The highest BCUT2D eigenvalue weighted by Crippen LogP contribution is 2.30. The molecule has 0 aliphatic heterocycles. The Hall–Kier alpha value is -2.00. The Morgan fingerprint density at radius 1 is 0.879 bits per heavy atom. The van der Waals surface area contributed by atoms with Gasteiger partial charge < -0.3 is 14.8 Å². The summed E-state index contributed by atoms with van der Waals surface area (Å²) in [4.78, 5) is 0.114. The van der Waals surface area contributed by atoms with Gasteiger partial charge in [0, 0.05) is 6.54 Å². The molecule has 33 heavy (non-hydrogen) atoms. The molecule has 3 N–H and O–H groups in total. The Labute approximate surface area is 210 Å². The van der Waals surface area contributed by atoms with Crippen LogP contribution >= 0.6 is 35.6 Å². The zero-order valence-corrected chi connectivity index (χ0v) is 21.0. The number of nitrogens with two attached hydrogens (primary N) is 1. The predicted octanol–water partition coefficient (Wildman–Crippen LogP) is 4.98. The molecule has 0 heterocycles. The highest BCUT2D eigenvalue weighted by atomic mass is 35.5. The minimum atomic E-state index is -3.66. The molecule has 0 saturated carbocycles. The topological polar surface area (TPSA) is 90.6 Å². The Morgan fingerprint density at radius 3 is 2.18 bits per heavy atom. The van der Waals surface area contributed by atoms with Crippen molar-refractivity contribution in [1.29, 1.82) is 0 Å². The minimum absolute atomic E-state index is 0. The van der Waals surface area contributed by atoms with Gasteiger partial charge in [-0.25, -0.2) is 13.6 Å². The Morgan fingerprint density at radius 2 is 1.55 bits per heavy atom. The lowest BCUT2D eigenvalue weighted by Crippen LogP contribution is -2.17. The van der Waals surface area contributed by atoms with Crippen molar-refractivity contribution in [2.45, 2.75) is 24.5 Å². The second-order valence-corrected chi connectivity index (χ2v) is 9.51. The average Bonchev–Trinajstić information content (AvgIpc) is 2.77. The van der Waals surface area contributed by atoms with Crippen molar-refractivity contribution >= 4 is 45.6 Å². The van der Waals surface area contributed by atoms with E-state index >= 15 is 0 Å². The summed E-state index contributed by atoms with van der Waals surface area (Å²) in [5, 5.41) is 9.48. The molecule has 10 heteroatoms. The lowest BCUT2D eigenvalue weighted by atomic mass is 10.1. The maximum Gasteiger partial charge on any atom is 0.238 e. The molecular formula is C23H25Cl3N2O4S. The second-order valence-electron chi connectivity index (χ2n) is 7.14. The van der Waals surface area contributed by atoms with Gasteiger partial charge in [-0.1, -0.05) is 47.5 Å². The smallest absolute Gasteiger partial charge is 0.238 e. The zero-order chi connectivity index (χ0) is 23.1. The molecule has 6 nitrogen and oxygen atoms in total. The molecule has 0 aliphatic rings. The summed E-state index contributed by atoms with van der Waals surface area (Å²) in [6, 6.07) is 17.7. The van der Waals surface area contributed by atoms with Gasteiger partial charge in [0.15, 0.2) is 11.5 Å². The molecule has 3 aromatic carbocycles. The summed E-state index contributed by atoms with van der Waals surface area (Å²) in [6.07, 6.45) is 0.757. The van der Waals surface area contributed by atoms with Crippen LogP contribution in [0.4, 0.5) is 0 Å². The van der Waals surface area contributed by atoms with E-state index in [0.29, 0.717) is 34.7 Å². The standard InChI is InChI=1S/C23H24Cl2N2O4S.ClH/c1-30-23-13-17(5-9-22(23)31-15-18-4-8-20(24)21(25)12-18)14-27-11-10-16-2-6-19(7-3-16)32(26,28)29;/h2-9,12-13,27H,10-11,14-15H2,1H3,(H2,26,28,29);1H. The van der Waals surface area contributed by atoms with Crippen LogP contribution in [0.25, 0.3) is 0 Å². The Kier molecular flexibility index (Phi) is 10.3. The molecule has 0 fully saturated rings. The number of halogens is 3. The molecule has 0 saturated heterocycles. The van der Waals surface area contributed by atoms with Crippen LogP contribution in [0.15, 0.2) is 65.6 Å². The van der Waals surface area contributed by atoms with Crippen LogP contribution in [-0.4, -0.2) is 22.1 Å². The molecule has 0 unspecified atom stereocenters. The van der Waals surface area contributed by atoms with E-state index in [1.807, 2.05) is 24.3 Å². The molecule has 0 amide bonds. The fourth-order valence-corrected chi connectivity index (χ4v) is 3.88.